The van der Waals surface area contributed by atoms with Gasteiger partial charge in [0.15, 0.2) is 5.79 Å². The molecule has 9 nitrogen and oxygen atoms in total. The molecule has 2 heterocycles. The Hall–Kier alpha value is -3.01. The molecule has 0 aromatic heterocycles. The molecule has 45 heavy (non-hydrogen) atoms. The Balaban J connectivity index is 2.19. The van der Waals surface area contributed by atoms with Crippen LogP contribution < -0.4 is 0 Å². The first-order valence-electron chi connectivity index (χ1n) is 16.1. The first-order chi connectivity index (χ1) is 21.3. The van der Waals surface area contributed by atoms with Gasteiger partial charge in [-0.05, 0) is 57.1 Å². The lowest BCUT2D eigenvalue weighted by Crippen LogP contribution is -2.58. The molecular formula is C36H54O9. The lowest BCUT2D eigenvalue weighted by molar-refractivity contribution is -0.343. The van der Waals surface area contributed by atoms with Gasteiger partial charge in [0, 0.05) is 37.8 Å². The van der Waals surface area contributed by atoms with E-state index in [1.54, 1.807) is 12.2 Å². The fourth-order valence-electron chi connectivity index (χ4n) is 5.62. The molecule has 2 rings (SSSR count). The van der Waals surface area contributed by atoms with Crippen molar-refractivity contribution in [3.05, 3.63) is 59.8 Å². The summed E-state index contributed by atoms with van der Waals surface area (Å²) in [7, 11) is 2.65. The molecule has 1 N–H and O–H groups in total. The van der Waals surface area contributed by atoms with E-state index < -0.39 is 41.5 Å². The summed E-state index contributed by atoms with van der Waals surface area (Å²) in [6.45, 7) is 11.3. The SMILES string of the molecule is CCCCC1(O)CCC2(CCC(C)C(C/C=C(C)/C=C/C(OC(C)=O)C(C)/C=C/C(=O)OC)O2)OC1/C=C/C(C)=C/C(=O)OC. The number of ether oxygens (including phenoxy) is 5. The Morgan fingerprint density at radius 2 is 1.67 bits per heavy atom. The summed E-state index contributed by atoms with van der Waals surface area (Å²) in [5.74, 6) is -2.04. The van der Waals surface area contributed by atoms with Crippen molar-refractivity contribution in [2.75, 3.05) is 14.2 Å². The van der Waals surface area contributed by atoms with E-state index in [9.17, 15) is 19.5 Å². The van der Waals surface area contributed by atoms with Gasteiger partial charge in [0.25, 0.3) is 0 Å². The minimum atomic E-state index is -1.02. The van der Waals surface area contributed by atoms with E-state index >= 15 is 0 Å². The van der Waals surface area contributed by atoms with Crippen molar-refractivity contribution < 1.29 is 43.2 Å². The summed E-state index contributed by atoms with van der Waals surface area (Å²) < 4.78 is 28.3. The second kappa shape index (κ2) is 18.2. The highest BCUT2D eigenvalue weighted by Gasteiger charge is 2.51. The van der Waals surface area contributed by atoms with E-state index in [1.807, 2.05) is 39.0 Å². The summed E-state index contributed by atoms with van der Waals surface area (Å²) in [6.07, 6.45) is 18.6. The number of methoxy groups -OCH3 is 2. The number of esters is 3. The van der Waals surface area contributed by atoms with E-state index in [2.05, 4.69) is 24.7 Å². The number of rotatable bonds is 14. The number of unbranched alkanes of at least 4 members (excludes halogenated alkanes) is 1. The maximum atomic E-state index is 11.7. The van der Waals surface area contributed by atoms with Gasteiger partial charge in [-0.25, -0.2) is 9.59 Å². The molecule has 252 valence electrons. The topological polar surface area (TPSA) is 118 Å². The minimum Gasteiger partial charge on any atom is -0.466 e. The summed E-state index contributed by atoms with van der Waals surface area (Å²) in [5.41, 5.74) is 0.671. The van der Waals surface area contributed by atoms with Gasteiger partial charge in [-0.3, -0.25) is 4.79 Å². The summed E-state index contributed by atoms with van der Waals surface area (Å²) in [5, 5.41) is 11.7. The standard InChI is InChI=1S/C36H54O9/c1-9-10-20-35(40)22-23-36(45-32(35)17-13-26(3)24-34(39)42-8)21-19-28(5)31(44-36)16-12-25(2)11-15-30(43-29(6)37)27(4)14-18-33(38)41-7/h11-15,17-18,24,27-28,30-32,40H,9-10,16,19-23H2,1-8H3/b15-11+,17-13+,18-14+,25-12+,26-24+. The number of aliphatic hydroxyl groups is 1. The molecular weight excluding hydrogens is 576 g/mol. The largest absolute Gasteiger partial charge is 0.466 e. The van der Waals surface area contributed by atoms with Gasteiger partial charge in [0.1, 0.15) is 12.2 Å². The molecule has 1 spiro atoms. The second-order valence-corrected chi connectivity index (χ2v) is 12.5. The summed E-state index contributed by atoms with van der Waals surface area (Å²) in [6, 6.07) is 0. The third kappa shape index (κ3) is 12.4. The zero-order valence-electron chi connectivity index (χ0n) is 28.4. The molecule has 0 amide bonds. The zero-order chi connectivity index (χ0) is 33.6. The molecule has 0 aromatic rings. The lowest BCUT2D eigenvalue weighted by atomic mass is 9.78. The van der Waals surface area contributed by atoms with Crippen LogP contribution in [-0.4, -0.2) is 66.9 Å². The molecule has 2 aliphatic heterocycles. The molecule has 0 radical (unpaired) electrons. The van der Waals surface area contributed by atoms with E-state index in [-0.39, 0.29) is 12.0 Å². The average molecular weight is 631 g/mol. The molecule has 0 aliphatic carbocycles. The molecule has 7 atom stereocenters. The number of hydrogen-bond donors (Lipinski definition) is 1. The van der Waals surface area contributed by atoms with Gasteiger partial charge < -0.3 is 28.8 Å². The first-order valence-corrected chi connectivity index (χ1v) is 16.1. The summed E-state index contributed by atoms with van der Waals surface area (Å²) >= 11 is 0. The third-order valence-electron chi connectivity index (χ3n) is 8.61. The Morgan fingerprint density at radius 3 is 2.31 bits per heavy atom. The monoisotopic (exact) mass is 630 g/mol. The quantitative estimate of drug-likeness (QED) is 0.0998. The number of hydrogen-bond acceptors (Lipinski definition) is 9. The van der Waals surface area contributed by atoms with Crippen molar-refractivity contribution in [1.29, 1.82) is 0 Å². The van der Waals surface area contributed by atoms with Crippen molar-refractivity contribution in [2.24, 2.45) is 11.8 Å². The van der Waals surface area contributed by atoms with E-state index in [0.717, 1.165) is 31.3 Å². The third-order valence-corrected chi connectivity index (χ3v) is 8.61. The van der Waals surface area contributed by atoms with Crippen molar-refractivity contribution in [3.63, 3.8) is 0 Å². The molecule has 0 saturated carbocycles. The van der Waals surface area contributed by atoms with Gasteiger partial charge in [-0.2, -0.15) is 0 Å². The first kappa shape index (κ1) is 38.2. The van der Waals surface area contributed by atoms with Crippen LogP contribution in [0.4, 0.5) is 0 Å². The average Bonchev–Trinajstić information content (AvgIpc) is 3.01. The van der Waals surface area contributed by atoms with Crippen molar-refractivity contribution in [1.82, 2.24) is 0 Å². The number of carbonyl (C=O) groups is 3. The Bertz CT molecular complexity index is 1150. The maximum absolute atomic E-state index is 11.7. The van der Waals surface area contributed by atoms with E-state index in [4.69, 9.17) is 18.9 Å². The number of allylic oxidation sites excluding steroid dienone is 4. The van der Waals surface area contributed by atoms with Gasteiger partial charge in [0.2, 0.25) is 0 Å². The van der Waals surface area contributed by atoms with E-state index in [1.165, 1.54) is 33.3 Å². The predicted molar refractivity (Wildman–Crippen MR) is 173 cm³/mol. The molecule has 2 saturated heterocycles. The van der Waals surface area contributed by atoms with Gasteiger partial charge in [-0.1, -0.05) is 69.6 Å². The molecule has 2 fully saturated rings. The minimum absolute atomic E-state index is 0.0827. The summed E-state index contributed by atoms with van der Waals surface area (Å²) in [4.78, 5) is 34.9. The smallest absolute Gasteiger partial charge is 0.330 e. The van der Waals surface area contributed by atoms with Crippen LogP contribution in [0.25, 0.3) is 0 Å². The van der Waals surface area contributed by atoms with Crippen LogP contribution >= 0.6 is 0 Å². The Kier molecular flexibility index (Phi) is 15.5. The highest BCUT2D eigenvalue weighted by molar-refractivity contribution is 5.83. The zero-order valence-corrected chi connectivity index (χ0v) is 28.4. The molecule has 2 aliphatic rings. The van der Waals surface area contributed by atoms with Crippen LogP contribution in [0.15, 0.2) is 59.8 Å². The Morgan fingerprint density at radius 1 is 0.956 bits per heavy atom. The van der Waals surface area contributed by atoms with Gasteiger partial charge in [0.05, 0.1) is 25.9 Å². The van der Waals surface area contributed by atoms with Crippen molar-refractivity contribution in [2.45, 2.75) is 123 Å². The molecule has 9 heteroatoms. The van der Waals surface area contributed by atoms with Crippen molar-refractivity contribution >= 4 is 17.9 Å². The van der Waals surface area contributed by atoms with Gasteiger partial charge in [-0.15, -0.1) is 0 Å². The van der Waals surface area contributed by atoms with Crippen LogP contribution in [-0.2, 0) is 38.1 Å². The van der Waals surface area contributed by atoms with Crippen molar-refractivity contribution in [3.8, 4) is 0 Å². The molecule has 0 bridgehead atoms. The maximum Gasteiger partial charge on any atom is 0.330 e. The normalized spacial score (nSPS) is 29.3. The van der Waals surface area contributed by atoms with Crippen LogP contribution in [0, 0.1) is 11.8 Å². The second-order valence-electron chi connectivity index (χ2n) is 12.5. The van der Waals surface area contributed by atoms with Crippen LogP contribution in [0.1, 0.15) is 92.9 Å². The highest BCUT2D eigenvalue weighted by Crippen LogP contribution is 2.46. The fourth-order valence-corrected chi connectivity index (χ4v) is 5.62. The highest BCUT2D eigenvalue weighted by atomic mass is 16.7. The predicted octanol–water partition coefficient (Wildman–Crippen LogP) is 6.46. The van der Waals surface area contributed by atoms with Crippen LogP contribution in [0.5, 0.6) is 0 Å². The van der Waals surface area contributed by atoms with Crippen LogP contribution in [0.2, 0.25) is 0 Å². The molecule has 0 aromatic carbocycles. The lowest BCUT2D eigenvalue weighted by Gasteiger charge is -2.52. The van der Waals surface area contributed by atoms with Crippen LogP contribution in [0.3, 0.4) is 0 Å². The number of carbonyl (C=O) groups excluding carboxylic acids is 3. The van der Waals surface area contributed by atoms with Gasteiger partial charge >= 0.3 is 17.9 Å². The van der Waals surface area contributed by atoms with E-state index in [0.29, 0.717) is 37.2 Å². The molecule has 7 unspecified atom stereocenters. The fraction of sp³-hybridized carbons (Fsp3) is 0.639. The Labute approximate surface area is 269 Å².